The molecule has 0 radical (unpaired) electrons. The largest absolute Gasteiger partial charge is 0.377 e. The number of hydrogen-bond acceptors (Lipinski definition) is 2. The Morgan fingerprint density at radius 3 is 3.08 bits per heavy atom. The van der Waals surface area contributed by atoms with Gasteiger partial charge in [-0.2, -0.15) is 0 Å². The lowest BCUT2D eigenvalue weighted by atomic mass is 10.2. The molecule has 2 heteroatoms. The van der Waals surface area contributed by atoms with Crippen LogP contribution >= 0.6 is 0 Å². The summed E-state index contributed by atoms with van der Waals surface area (Å²) in [5.41, 5.74) is 2.27. The first kappa shape index (κ1) is 9.93. The van der Waals surface area contributed by atoms with Crippen molar-refractivity contribution < 1.29 is 4.74 Å². The molecule has 0 aliphatic carbocycles. The minimum Gasteiger partial charge on any atom is -0.377 e. The number of aromatic nitrogens is 1. The van der Waals surface area contributed by atoms with Crippen molar-refractivity contribution in [1.29, 1.82) is 0 Å². The fourth-order valence-corrected chi connectivity index (χ4v) is 0.982. The summed E-state index contributed by atoms with van der Waals surface area (Å²) in [6.45, 7) is 7.11. The molecule has 0 aromatic carbocycles. The Morgan fingerprint density at radius 1 is 1.62 bits per heavy atom. The Kier molecular flexibility index (Phi) is 4.19. The topological polar surface area (TPSA) is 22.1 Å². The molecule has 0 atom stereocenters. The highest BCUT2D eigenvalue weighted by Gasteiger charge is 1.92. The van der Waals surface area contributed by atoms with Crippen LogP contribution in [0.25, 0.3) is 0 Å². The highest BCUT2D eigenvalue weighted by atomic mass is 16.5. The normalized spacial score (nSPS) is 9.92. The summed E-state index contributed by atoms with van der Waals surface area (Å²) >= 11 is 0. The van der Waals surface area contributed by atoms with Crippen LogP contribution in [0.5, 0.6) is 0 Å². The van der Waals surface area contributed by atoms with Crippen molar-refractivity contribution in [3.63, 3.8) is 0 Å². The maximum Gasteiger partial charge on any atom is 0.0671 e. The van der Waals surface area contributed by atoms with E-state index < -0.39 is 0 Å². The lowest BCUT2D eigenvalue weighted by molar-refractivity contribution is 0.159. The summed E-state index contributed by atoms with van der Waals surface area (Å²) in [7, 11) is 0. The number of rotatable bonds is 5. The van der Waals surface area contributed by atoms with Crippen molar-refractivity contribution in [1.82, 2.24) is 4.98 Å². The van der Waals surface area contributed by atoms with E-state index in [9.17, 15) is 0 Å². The van der Waals surface area contributed by atoms with E-state index in [2.05, 4.69) is 17.6 Å². The number of ether oxygens (including phenoxy) is 1. The molecule has 0 spiro atoms. The Hall–Kier alpha value is -1.15. The Morgan fingerprint density at radius 2 is 2.46 bits per heavy atom. The molecule has 0 unspecified atom stereocenters. The Balaban J connectivity index is 2.17. The third-order valence-corrected chi connectivity index (χ3v) is 1.61. The van der Waals surface area contributed by atoms with Crippen LogP contribution in [0.1, 0.15) is 12.5 Å². The maximum absolute atomic E-state index is 5.37. The molecule has 1 aromatic heterocycles. The van der Waals surface area contributed by atoms with Gasteiger partial charge in [0.1, 0.15) is 0 Å². The minimum absolute atomic E-state index is 0.653. The molecule has 2 nitrogen and oxygen atoms in total. The molecule has 0 N–H and O–H groups in total. The van der Waals surface area contributed by atoms with Gasteiger partial charge in [0.2, 0.25) is 0 Å². The van der Waals surface area contributed by atoms with Crippen LogP contribution in [0, 0.1) is 0 Å². The first-order valence-corrected chi connectivity index (χ1v) is 4.40. The lowest BCUT2D eigenvalue weighted by Crippen LogP contribution is -2.00. The molecule has 0 saturated carbocycles. The van der Waals surface area contributed by atoms with E-state index in [0.717, 1.165) is 18.6 Å². The zero-order chi connectivity index (χ0) is 9.52. The second-order valence-electron chi connectivity index (χ2n) is 3.12. The van der Waals surface area contributed by atoms with Crippen LogP contribution in [0.3, 0.4) is 0 Å². The summed E-state index contributed by atoms with van der Waals surface area (Å²) < 4.78 is 5.37. The molecular weight excluding hydrogens is 162 g/mol. The van der Waals surface area contributed by atoms with Gasteiger partial charge >= 0.3 is 0 Å². The second kappa shape index (κ2) is 5.49. The number of nitrogens with zero attached hydrogens (tertiary/aromatic N) is 1. The average Bonchev–Trinajstić information content (AvgIpc) is 2.14. The lowest BCUT2D eigenvalue weighted by Gasteiger charge is -2.02. The maximum atomic E-state index is 5.37. The first-order chi connectivity index (χ1) is 6.29. The predicted octanol–water partition coefficient (Wildman–Crippen LogP) is 2.22. The zero-order valence-corrected chi connectivity index (χ0v) is 7.99. The van der Waals surface area contributed by atoms with E-state index in [0.29, 0.717) is 6.61 Å². The second-order valence-corrected chi connectivity index (χ2v) is 3.12. The van der Waals surface area contributed by atoms with Gasteiger partial charge in [-0.15, -0.1) is 0 Å². The highest BCUT2D eigenvalue weighted by Crippen LogP contribution is 1.97. The van der Waals surface area contributed by atoms with Gasteiger partial charge in [0.05, 0.1) is 13.2 Å². The van der Waals surface area contributed by atoms with Gasteiger partial charge in [-0.3, -0.25) is 4.98 Å². The van der Waals surface area contributed by atoms with Gasteiger partial charge in [-0.1, -0.05) is 18.2 Å². The molecule has 0 fully saturated rings. The van der Waals surface area contributed by atoms with Crippen molar-refractivity contribution in [2.45, 2.75) is 13.3 Å². The highest BCUT2D eigenvalue weighted by molar-refractivity contribution is 5.08. The molecule has 1 aromatic rings. The van der Waals surface area contributed by atoms with Crippen LogP contribution < -0.4 is 0 Å². The third-order valence-electron chi connectivity index (χ3n) is 1.61. The van der Waals surface area contributed by atoms with Crippen molar-refractivity contribution in [3.8, 4) is 0 Å². The zero-order valence-electron chi connectivity index (χ0n) is 7.99. The third kappa shape index (κ3) is 4.43. The molecule has 0 bridgehead atoms. The van der Waals surface area contributed by atoms with Crippen LogP contribution in [0.15, 0.2) is 36.7 Å². The average molecular weight is 177 g/mol. The van der Waals surface area contributed by atoms with E-state index in [4.69, 9.17) is 4.74 Å². The number of hydrogen-bond donors (Lipinski definition) is 0. The smallest absolute Gasteiger partial charge is 0.0671 e. The first-order valence-electron chi connectivity index (χ1n) is 4.40. The predicted molar refractivity (Wildman–Crippen MR) is 53.6 cm³/mol. The molecule has 0 saturated heterocycles. The summed E-state index contributed by atoms with van der Waals surface area (Å²) in [5, 5.41) is 0. The van der Waals surface area contributed by atoms with Crippen LogP contribution in [-0.4, -0.2) is 18.2 Å². The molecular formula is C11H15NO. The van der Waals surface area contributed by atoms with Crippen molar-refractivity contribution in [2.24, 2.45) is 0 Å². The van der Waals surface area contributed by atoms with Gasteiger partial charge in [-0.05, 0) is 25.0 Å². The Labute approximate surface area is 79.3 Å². The van der Waals surface area contributed by atoms with Crippen LogP contribution in [0.4, 0.5) is 0 Å². The van der Waals surface area contributed by atoms with Gasteiger partial charge in [-0.25, -0.2) is 0 Å². The van der Waals surface area contributed by atoms with E-state index in [-0.39, 0.29) is 0 Å². The van der Waals surface area contributed by atoms with Crippen LogP contribution in [0.2, 0.25) is 0 Å². The summed E-state index contributed by atoms with van der Waals surface area (Å²) in [4.78, 5) is 4.03. The molecule has 1 rings (SSSR count). The minimum atomic E-state index is 0.653. The summed E-state index contributed by atoms with van der Waals surface area (Å²) in [6.07, 6.45) is 4.56. The SMILES string of the molecule is C=C(C)COCCc1cccnc1. The van der Waals surface area contributed by atoms with Gasteiger partial charge in [0.25, 0.3) is 0 Å². The van der Waals surface area contributed by atoms with E-state index in [1.54, 1.807) is 6.20 Å². The molecule has 70 valence electrons. The standard InChI is InChI=1S/C11H15NO/c1-10(2)9-13-7-5-11-4-3-6-12-8-11/h3-4,6,8H,1,5,7,9H2,2H3. The molecule has 1 heterocycles. The quantitative estimate of drug-likeness (QED) is 0.508. The monoisotopic (exact) mass is 177 g/mol. The van der Waals surface area contributed by atoms with Crippen molar-refractivity contribution in [3.05, 3.63) is 42.2 Å². The molecule has 0 aliphatic heterocycles. The van der Waals surface area contributed by atoms with Crippen molar-refractivity contribution in [2.75, 3.05) is 13.2 Å². The Bertz CT molecular complexity index is 256. The van der Waals surface area contributed by atoms with Gasteiger partial charge < -0.3 is 4.74 Å². The molecule has 0 amide bonds. The van der Waals surface area contributed by atoms with E-state index >= 15 is 0 Å². The van der Waals surface area contributed by atoms with Gasteiger partial charge in [0.15, 0.2) is 0 Å². The number of pyridine rings is 1. The van der Waals surface area contributed by atoms with E-state index in [1.807, 2.05) is 19.2 Å². The summed E-state index contributed by atoms with van der Waals surface area (Å²) in [6, 6.07) is 3.99. The van der Waals surface area contributed by atoms with E-state index in [1.165, 1.54) is 5.56 Å². The van der Waals surface area contributed by atoms with Crippen molar-refractivity contribution >= 4 is 0 Å². The van der Waals surface area contributed by atoms with Gasteiger partial charge in [0, 0.05) is 12.4 Å². The fourth-order valence-electron chi connectivity index (χ4n) is 0.982. The fraction of sp³-hybridized carbons (Fsp3) is 0.364. The molecule has 13 heavy (non-hydrogen) atoms. The van der Waals surface area contributed by atoms with Crippen LogP contribution in [-0.2, 0) is 11.2 Å². The molecule has 0 aliphatic rings. The summed E-state index contributed by atoms with van der Waals surface area (Å²) in [5.74, 6) is 0.